The first kappa shape index (κ1) is 14.7. The van der Waals surface area contributed by atoms with Gasteiger partial charge in [-0.2, -0.15) is 0 Å². The summed E-state index contributed by atoms with van der Waals surface area (Å²) in [5, 5.41) is 0. The molecule has 1 aromatic heterocycles. The Morgan fingerprint density at radius 1 is 1.14 bits per heavy atom. The molecule has 0 unspecified atom stereocenters. The Morgan fingerprint density at radius 2 is 1.82 bits per heavy atom. The van der Waals surface area contributed by atoms with Crippen molar-refractivity contribution in [2.75, 3.05) is 18.0 Å². The third-order valence-electron chi connectivity index (χ3n) is 4.14. The quantitative estimate of drug-likeness (QED) is 0.813. The summed E-state index contributed by atoms with van der Waals surface area (Å²) in [6.07, 6.45) is 3.17. The normalized spacial score (nSPS) is 14.4. The predicted octanol–water partition coefficient (Wildman–Crippen LogP) is 3.18. The van der Waals surface area contributed by atoms with Gasteiger partial charge in [0.1, 0.15) is 5.82 Å². The molecular weight excluding hydrogens is 274 g/mol. The van der Waals surface area contributed by atoms with Crippen LogP contribution < -0.4 is 4.90 Å². The fourth-order valence-corrected chi connectivity index (χ4v) is 2.94. The minimum absolute atomic E-state index is 0.0743. The molecule has 4 heteroatoms. The number of hydrogen-bond acceptors (Lipinski definition) is 4. The summed E-state index contributed by atoms with van der Waals surface area (Å²) < 4.78 is 0. The number of benzene rings is 1. The van der Waals surface area contributed by atoms with E-state index in [4.69, 9.17) is 0 Å². The first-order valence-electron chi connectivity index (χ1n) is 7.82. The average Bonchev–Trinajstić information content (AvgIpc) is 3.04. The standard InChI is InChI=1S/C18H21N3O/c1-13-16(12-15-8-4-3-5-9-15)18(21-10-6-7-11-21)20-17(19-13)14(2)22/h3-5,8-9H,6-7,10-12H2,1-2H3. The molecule has 0 saturated carbocycles. The van der Waals surface area contributed by atoms with E-state index in [0.29, 0.717) is 5.82 Å². The fraction of sp³-hybridized carbons (Fsp3) is 0.389. The number of hydrogen-bond donors (Lipinski definition) is 0. The fourth-order valence-electron chi connectivity index (χ4n) is 2.94. The van der Waals surface area contributed by atoms with Crippen LogP contribution in [0.5, 0.6) is 0 Å². The van der Waals surface area contributed by atoms with Crippen LogP contribution in [-0.4, -0.2) is 28.8 Å². The molecule has 0 aliphatic carbocycles. The zero-order chi connectivity index (χ0) is 15.5. The van der Waals surface area contributed by atoms with Gasteiger partial charge in [0.25, 0.3) is 0 Å². The molecule has 0 atom stereocenters. The smallest absolute Gasteiger partial charge is 0.197 e. The van der Waals surface area contributed by atoms with Crippen molar-refractivity contribution in [1.82, 2.24) is 9.97 Å². The summed E-state index contributed by atoms with van der Waals surface area (Å²) in [4.78, 5) is 23.0. The molecule has 1 aliphatic heterocycles. The van der Waals surface area contributed by atoms with Crippen LogP contribution in [0.4, 0.5) is 5.82 Å². The van der Waals surface area contributed by atoms with Gasteiger partial charge in [0.15, 0.2) is 11.6 Å². The second-order valence-corrected chi connectivity index (χ2v) is 5.85. The number of aryl methyl sites for hydroxylation is 1. The van der Waals surface area contributed by atoms with E-state index in [1.54, 1.807) is 0 Å². The van der Waals surface area contributed by atoms with Crippen LogP contribution in [0.1, 0.15) is 47.2 Å². The Labute approximate surface area is 131 Å². The SMILES string of the molecule is CC(=O)c1nc(C)c(Cc2ccccc2)c(N2CCCC2)n1. The molecule has 0 bridgehead atoms. The number of anilines is 1. The van der Waals surface area contributed by atoms with E-state index in [2.05, 4.69) is 27.0 Å². The summed E-state index contributed by atoms with van der Waals surface area (Å²) in [6.45, 7) is 5.52. The van der Waals surface area contributed by atoms with Crippen LogP contribution in [0.3, 0.4) is 0 Å². The van der Waals surface area contributed by atoms with Gasteiger partial charge in [-0.25, -0.2) is 9.97 Å². The van der Waals surface area contributed by atoms with Gasteiger partial charge in [-0.05, 0) is 25.3 Å². The molecule has 1 saturated heterocycles. The lowest BCUT2D eigenvalue weighted by molar-refractivity contribution is 0.100. The van der Waals surface area contributed by atoms with E-state index in [-0.39, 0.29) is 5.78 Å². The van der Waals surface area contributed by atoms with Crippen molar-refractivity contribution in [3.05, 3.63) is 53.0 Å². The molecule has 114 valence electrons. The second-order valence-electron chi connectivity index (χ2n) is 5.85. The Kier molecular flexibility index (Phi) is 4.18. The third kappa shape index (κ3) is 3.01. The van der Waals surface area contributed by atoms with Gasteiger partial charge in [-0.3, -0.25) is 4.79 Å². The molecule has 2 heterocycles. The first-order valence-corrected chi connectivity index (χ1v) is 7.82. The maximum Gasteiger partial charge on any atom is 0.197 e. The minimum Gasteiger partial charge on any atom is -0.356 e. The van der Waals surface area contributed by atoms with Crippen molar-refractivity contribution in [3.63, 3.8) is 0 Å². The second kappa shape index (κ2) is 6.26. The zero-order valence-corrected chi connectivity index (χ0v) is 13.2. The molecule has 1 aromatic carbocycles. The Morgan fingerprint density at radius 3 is 2.45 bits per heavy atom. The average molecular weight is 295 g/mol. The molecule has 0 spiro atoms. The predicted molar refractivity (Wildman–Crippen MR) is 87.5 cm³/mol. The number of ketones is 1. The molecule has 1 fully saturated rings. The summed E-state index contributed by atoms with van der Waals surface area (Å²) >= 11 is 0. The number of carbonyl (C=O) groups excluding carboxylic acids is 1. The topological polar surface area (TPSA) is 46.1 Å². The van der Waals surface area contributed by atoms with Crippen molar-refractivity contribution in [2.45, 2.75) is 33.1 Å². The van der Waals surface area contributed by atoms with Crippen LogP contribution in [0.2, 0.25) is 0 Å². The van der Waals surface area contributed by atoms with Gasteiger partial charge >= 0.3 is 0 Å². The van der Waals surface area contributed by atoms with Crippen LogP contribution in [0, 0.1) is 6.92 Å². The van der Waals surface area contributed by atoms with Crippen LogP contribution in [0.15, 0.2) is 30.3 Å². The Balaban J connectivity index is 2.04. The van der Waals surface area contributed by atoms with Gasteiger partial charge in [0.05, 0.1) is 0 Å². The number of rotatable bonds is 4. The van der Waals surface area contributed by atoms with Crippen molar-refractivity contribution >= 4 is 11.6 Å². The maximum atomic E-state index is 11.7. The molecule has 1 aliphatic rings. The summed E-state index contributed by atoms with van der Waals surface area (Å²) in [7, 11) is 0. The Bertz CT molecular complexity index is 676. The first-order chi connectivity index (χ1) is 10.6. The van der Waals surface area contributed by atoms with Gasteiger partial charge in [-0.1, -0.05) is 30.3 Å². The van der Waals surface area contributed by atoms with E-state index >= 15 is 0 Å². The molecule has 4 nitrogen and oxygen atoms in total. The van der Waals surface area contributed by atoms with Crippen molar-refractivity contribution in [1.29, 1.82) is 0 Å². The van der Waals surface area contributed by atoms with Crippen molar-refractivity contribution in [2.24, 2.45) is 0 Å². The van der Waals surface area contributed by atoms with Gasteiger partial charge in [0.2, 0.25) is 0 Å². The number of nitrogens with zero attached hydrogens (tertiary/aromatic N) is 3. The van der Waals surface area contributed by atoms with Crippen LogP contribution in [-0.2, 0) is 6.42 Å². The van der Waals surface area contributed by atoms with Crippen molar-refractivity contribution < 1.29 is 4.79 Å². The van der Waals surface area contributed by atoms with E-state index in [9.17, 15) is 4.79 Å². The molecule has 22 heavy (non-hydrogen) atoms. The molecule has 0 amide bonds. The van der Waals surface area contributed by atoms with Crippen molar-refractivity contribution in [3.8, 4) is 0 Å². The minimum atomic E-state index is -0.0743. The molecular formula is C18H21N3O. The lowest BCUT2D eigenvalue weighted by atomic mass is 10.0. The van der Waals surface area contributed by atoms with Gasteiger partial charge in [0, 0.05) is 37.7 Å². The highest BCUT2D eigenvalue weighted by Gasteiger charge is 2.21. The van der Waals surface area contributed by atoms with Crippen LogP contribution in [0.25, 0.3) is 0 Å². The number of aromatic nitrogens is 2. The highest BCUT2D eigenvalue weighted by molar-refractivity contribution is 5.90. The third-order valence-corrected chi connectivity index (χ3v) is 4.14. The van der Waals surface area contributed by atoms with Gasteiger partial charge < -0.3 is 4.90 Å². The van der Waals surface area contributed by atoms with Crippen LogP contribution >= 0.6 is 0 Å². The molecule has 0 N–H and O–H groups in total. The molecule has 0 radical (unpaired) electrons. The number of Topliss-reactive ketones (excluding diaryl/α,β-unsaturated/α-hetero) is 1. The Hall–Kier alpha value is -2.23. The highest BCUT2D eigenvalue weighted by Crippen LogP contribution is 2.27. The monoisotopic (exact) mass is 295 g/mol. The zero-order valence-electron chi connectivity index (χ0n) is 13.2. The highest BCUT2D eigenvalue weighted by atomic mass is 16.1. The molecule has 3 rings (SSSR count). The van der Waals surface area contributed by atoms with E-state index in [1.165, 1.54) is 25.3 Å². The lowest BCUT2D eigenvalue weighted by Gasteiger charge is -2.22. The summed E-state index contributed by atoms with van der Waals surface area (Å²) in [5.41, 5.74) is 3.29. The number of carbonyl (C=O) groups is 1. The van der Waals surface area contributed by atoms with Gasteiger partial charge in [-0.15, -0.1) is 0 Å². The summed E-state index contributed by atoms with van der Waals surface area (Å²) in [5.74, 6) is 1.20. The summed E-state index contributed by atoms with van der Waals surface area (Å²) in [6, 6.07) is 10.3. The molecule has 2 aromatic rings. The largest absolute Gasteiger partial charge is 0.356 e. The van der Waals surface area contributed by atoms with E-state index in [1.807, 2.05) is 25.1 Å². The van der Waals surface area contributed by atoms with E-state index < -0.39 is 0 Å². The van der Waals surface area contributed by atoms with E-state index in [0.717, 1.165) is 36.6 Å². The lowest BCUT2D eigenvalue weighted by Crippen LogP contribution is -2.23. The maximum absolute atomic E-state index is 11.7.